The van der Waals surface area contributed by atoms with Crippen LogP contribution in [0, 0.1) is 0 Å². The van der Waals surface area contributed by atoms with E-state index in [9.17, 15) is 19.8 Å². The van der Waals surface area contributed by atoms with Crippen LogP contribution in [0.5, 0.6) is 0 Å². The minimum Gasteiger partial charge on any atom is -0.394 e. The number of ether oxygens (including phenoxy) is 1. The van der Waals surface area contributed by atoms with Gasteiger partial charge in [-0.15, -0.1) is 0 Å². The van der Waals surface area contributed by atoms with Gasteiger partial charge in [-0.25, -0.2) is 9.36 Å². The molecule has 4 N–H and O–H groups in total. The summed E-state index contributed by atoms with van der Waals surface area (Å²) in [6.45, 7) is -0.520. The van der Waals surface area contributed by atoms with Gasteiger partial charge in [0.2, 0.25) is 0 Å². The second-order valence-electron chi connectivity index (χ2n) is 3.72. The standard InChI is InChI=1S/C9H12N2O6/c12-3-4-6(14)7(15)8(17-4)11-5(13)1-2-10-9(11)16/h1-2,4,6-8,12,14-15H,3H2,(H,10,16)/t4-,6-,7+,8?/m1/s1. The largest absolute Gasteiger partial charge is 0.394 e. The number of aromatic nitrogens is 2. The van der Waals surface area contributed by atoms with Gasteiger partial charge in [-0.1, -0.05) is 0 Å². The summed E-state index contributed by atoms with van der Waals surface area (Å²) in [5.41, 5.74) is -1.42. The van der Waals surface area contributed by atoms with E-state index >= 15 is 0 Å². The Kier molecular flexibility index (Phi) is 3.11. The topological polar surface area (TPSA) is 125 Å². The maximum absolute atomic E-state index is 11.5. The number of hydrogen-bond acceptors (Lipinski definition) is 6. The lowest BCUT2D eigenvalue weighted by atomic mass is 10.1. The zero-order valence-electron chi connectivity index (χ0n) is 8.68. The smallest absolute Gasteiger partial charge is 0.330 e. The van der Waals surface area contributed by atoms with Gasteiger partial charge in [-0.05, 0) is 0 Å². The molecule has 8 heteroatoms. The fourth-order valence-corrected chi connectivity index (χ4v) is 1.77. The van der Waals surface area contributed by atoms with Gasteiger partial charge in [0.15, 0.2) is 6.23 Å². The molecule has 1 fully saturated rings. The van der Waals surface area contributed by atoms with Gasteiger partial charge >= 0.3 is 5.69 Å². The van der Waals surface area contributed by atoms with Crippen molar-refractivity contribution < 1.29 is 20.1 Å². The highest BCUT2D eigenvalue weighted by Crippen LogP contribution is 2.26. The zero-order valence-corrected chi connectivity index (χ0v) is 8.68. The maximum atomic E-state index is 11.5. The maximum Gasteiger partial charge on any atom is 0.330 e. The van der Waals surface area contributed by atoms with Crippen LogP contribution in [0.1, 0.15) is 6.23 Å². The molecule has 0 radical (unpaired) electrons. The van der Waals surface area contributed by atoms with E-state index in [0.717, 1.165) is 6.07 Å². The normalized spacial score (nSPS) is 32.9. The van der Waals surface area contributed by atoms with Gasteiger partial charge in [0.25, 0.3) is 5.56 Å². The van der Waals surface area contributed by atoms with Crippen molar-refractivity contribution in [1.29, 1.82) is 0 Å². The first-order valence-corrected chi connectivity index (χ1v) is 4.99. The Morgan fingerprint density at radius 3 is 2.59 bits per heavy atom. The summed E-state index contributed by atoms with van der Waals surface area (Å²) in [5.74, 6) is 0. The molecule has 1 aromatic heterocycles. The van der Waals surface area contributed by atoms with Crippen molar-refractivity contribution in [3.63, 3.8) is 0 Å². The molecule has 0 bridgehead atoms. The summed E-state index contributed by atoms with van der Waals surface area (Å²) in [7, 11) is 0. The number of rotatable bonds is 2. The number of nitrogens with one attached hydrogen (secondary N) is 1. The Labute approximate surface area is 94.7 Å². The van der Waals surface area contributed by atoms with Crippen molar-refractivity contribution >= 4 is 0 Å². The molecule has 2 heterocycles. The third-order valence-corrected chi connectivity index (χ3v) is 2.66. The van der Waals surface area contributed by atoms with Crippen molar-refractivity contribution in [2.75, 3.05) is 6.61 Å². The molecule has 8 nitrogen and oxygen atoms in total. The van der Waals surface area contributed by atoms with Crippen LogP contribution >= 0.6 is 0 Å². The molecule has 1 aromatic rings. The molecule has 4 atom stereocenters. The molecule has 0 spiro atoms. The lowest BCUT2D eigenvalue weighted by Crippen LogP contribution is -2.42. The van der Waals surface area contributed by atoms with E-state index in [2.05, 4.69) is 4.98 Å². The Bertz CT molecular complexity index is 480. The molecule has 0 saturated carbocycles. The first-order valence-electron chi connectivity index (χ1n) is 4.99. The molecule has 1 unspecified atom stereocenters. The minimum atomic E-state index is -1.45. The molecule has 94 valence electrons. The number of aliphatic hydroxyl groups is 3. The molecule has 0 aromatic carbocycles. The Balaban J connectivity index is 2.42. The average Bonchev–Trinajstić information content (AvgIpc) is 2.57. The number of aromatic amines is 1. The fourth-order valence-electron chi connectivity index (χ4n) is 1.77. The van der Waals surface area contributed by atoms with Crippen LogP contribution < -0.4 is 11.2 Å². The molecule has 17 heavy (non-hydrogen) atoms. The molecule has 1 saturated heterocycles. The van der Waals surface area contributed by atoms with E-state index in [1.807, 2.05) is 0 Å². The molecule has 0 amide bonds. The SMILES string of the molecule is O=c1cc[nH]c(=O)n1C1O[C@H](CO)[C@@H](O)[C@@H]1O. The predicted molar refractivity (Wildman–Crippen MR) is 54.3 cm³/mol. The number of hydrogen-bond donors (Lipinski definition) is 4. The highest BCUT2D eigenvalue weighted by atomic mass is 16.6. The Morgan fingerprint density at radius 2 is 2.06 bits per heavy atom. The molecule has 2 rings (SSSR count). The van der Waals surface area contributed by atoms with E-state index < -0.39 is 42.4 Å². The molecule has 1 aliphatic rings. The van der Waals surface area contributed by atoms with Crippen LogP contribution in [-0.4, -0.2) is 49.8 Å². The van der Waals surface area contributed by atoms with Crippen LogP contribution in [0.25, 0.3) is 0 Å². The summed E-state index contributed by atoms with van der Waals surface area (Å²) in [6, 6.07) is 1.09. The summed E-state index contributed by atoms with van der Waals surface area (Å²) >= 11 is 0. The van der Waals surface area contributed by atoms with Gasteiger partial charge in [0, 0.05) is 12.3 Å². The lowest BCUT2D eigenvalue weighted by molar-refractivity contribution is -0.0564. The van der Waals surface area contributed by atoms with Crippen molar-refractivity contribution in [3.05, 3.63) is 33.1 Å². The summed E-state index contributed by atoms with van der Waals surface area (Å²) in [4.78, 5) is 25.2. The second kappa shape index (κ2) is 4.41. The van der Waals surface area contributed by atoms with Crippen LogP contribution in [0.15, 0.2) is 21.9 Å². The van der Waals surface area contributed by atoms with Crippen molar-refractivity contribution in [1.82, 2.24) is 9.55 Å². The van der Waals surface area contributed by atoms with E-state index in [0.29, 0.717) is 4.57 Å². The number of nitrogens with zero attached hydrogens (tertiary/aromatic N) is 1. The van der Waals surface area contributed by atoms with Crippen LogP contribution in [0.4, 0.5) is 0 Å². The van der Waals surface area contributed by atoms with Gasteiger partial charge in [0.1, 0.15) is 18.3 Å². The highest BCUT2D eigenvalue weighted by Gasteiger charge is 2.44. The summed E-state index contributed by atoms with van der Waals surface area (Å²) < 4.78 is 5.73. The lowest BCUT2D eigenvalue weighted by Gasteiger charge is -2.15. The van der Waals surface area contributed by atoms with E-state index in [1.165, 1.54) is 6.20 Å². The quantitative estimate of drug-likeness (QED) is 0.444. The van der Waals surface area contributed by atoms with Crippen molar-refractivity contribution in [2.24, 2.45) is 0 Å². The monoisotopic (exact) mass is 244 g/mol. The van der Waals surface area contributed by atoms with Crippen LogP contribution in [0.3, 0.4) is 0 Å². The number of aliphatic hydroxyl groups excluding tert-OH is 3. The van der Waals surface area contributed by atoms with Crippen molar-refractivity contribution in [3.8, 4) is 0 Å². The van der Waals surface area contributed by atoms with E-state index in [-0.39, 0.29) is 0 Å². The van der Waals surface area contributed by atoms with Gasteiger partial charge in [-0.3, -0.25) is 4.79 Å². The first-order chi connectivity index (χ1) is 8.06. The zero-order chi connectivity index (χ0) is 12.6. The second-order valence-corrected chi connectivity index (χ2v) is 3.72. The molecule has 0 aliphatic carbocycles. The van der Waals surface area contributed by atoms with Gasteiger partial charge in [0.05, 0.1) is 6.61 Å². The van der Waals surface area contributed by atoms with Gasteiger partial charge in [-0.2, -0.15) is 0 Å². The first kappa shape index (κ1) is 12.0. The third-order valence-electron chi connectivity index (χ3n) is 2.66. The summed E-state index contributed by atoms with van der Waals surface area (Å²) in [6.07, 6.45) is -3.96. The average molecular weight is 244 g/mol. The Morgan fingerprint density at radius 1 is 1.35 bits per heavy atom. The van der Waals surface area contributed by atoms with E-state index in [1.54, 1.807) is 0 Å². The third kappa shape index (κ3) is 1.91. The summed E-state index contributed by atoms with van der Waals surface area (Å²) in [5, 5.41) is 28.1. The van der Waals surface area contributed by atoms with Crippen molar-refractivity contribution in [2.45, 2.75) is 24.5 Å². The molecule has 1 aliphatic heterocycles. The predicted octanol–water partition coefficient (Wildman–Crippen LogP) is -2.85. The fraction of sp³-hybridized carbons (Fsp3) is 0.556. The van der Waals surface area contributed by atoms with E-state index in [4.69, 9.17) is 9.84 Å². The number of H-pyrrole nitrogens is 1. The Hall–Kier alpha value is -1.48. The van der Waals surface area contributed by atoms with Crippen LogP contribution in [-0.2, 0) is 4.74 Å². The minimum absolute atomic E-state index is 0.520. The molecular formula is C9H12N2O6. The van der Waals surface area contributed by atoms with Crippen LogP contribution in [0.2, 0.25) is 0 Å². The van der Waals surface area contributed by atoms with Gasteiger partial charge < -0.3 is 25.0 Å². The highest BCUT2D eigenvalue weighted by molar-refractivity contribution is 4.93. The molecular weight excluding hydrogens is 232 g/mol.